The van der Waals surface area contributed by atoms with Crippen LogP contribution in [0.15, 0.2) is 59.5 Å². The summed E-state index contributed by atoms with van der Waals surface area (Å²) < 4.78 is 5.71. The number of benzene rings is 2. The van der Waals surface area contributed by atoms with E-state index in [2.05, 4.69) is 5.32 Å². The van der Waals surface area contributed by atoms with Crippen molar-refractivity contribution in [3.8, 4) is 0 Å². The molecule has 0 saturated carbocycles. The molecule has 1 atom stereocenters. The Morgan fingerprint density at radius 2 is 1.67 bits per heavy atom. The van der Waals surface area contributed by atoms with Gasteiger partial charge < -0.3 is 19.9 Å². The van der Waals surface area contributed by atoms with Crippen LogP contribution < -0.4 is 5.32 Å². The number of anilines is 1. The van der Waals surface area contributed by atoms with Crippen molar-refractivity contribution >= 4 is 29.4 Å². The van der Waals surface area contributed by atoms with Crippen molar-refractivity contribution in [1.82, 2.24) is 9.80 Å². The molecule has 0 aromatic heterocycles. The van der Waals surface area contributed by atoms with Crippen molar-refractivity contribution in [2.75, 3.05) is 43.9 Å². The average Bonchev–Trinajstić information content (AvgIpc) is 3.32. The number of thioether (sulfide) groups is 1. The Labute approximate surface area is 181 Å². The number of hydrogen-bond donors (Lipinski definition) is 1. The van der Waals surface area contributed by atoms with Crippen molar-refractivity contribution < 1.29 is 14.3 Å². The molecule has 6 nitrogen and oxygen atoms in total. The summed E-state index contributed by atoms with van der Waals surface area (Å²) in [6.07, 6.45) is 2.49. The van der Waals surface area contributed by atoms with Gasteiger partial charge in [0.05, 0.1) is 11.7 Å². The van der Waals surface area contributed by atoms with Gasteiger partial charge in [0.1, 0.15) is 0 Å². The van der Waals surface area contributed by atoms with E-state index in [0.717, 1.165) is 41.3 Å². The number of hydrogen-bond acceptors (Lipinski definition) is 4. The standard InChI is InChI=1S/C23H27N3O3S/c27-22(20-10-4-5-11-21(20)30-17-19-9-6-16-29-19)25-12-14-26(15-13-25)23(28)24-18-7-2-1-3-8-18/h1-5,7-8,10-11,19H,6,9,12-17H2,(H,24,28). The van der Waals surface area contributed by atoms with Crippen LogP contribution in [-0.2, 0) is 4.74 Å². The van der Waals surface area contributed by atoms with Crippen LogP contribution in [0.1, 0.15) is 23.2 Å². The molecule has 4 rings (SSSR count). The van der Waals surface area contributed by atoms with E-state index in [1.54, 1.807) is 16.7 Å². The van der Waals surface area contributed by atoms with Crippen LogP contribution in [0.2, 0.25) is 0 Å². The summed E-state index contributed by atoms with van der Waals surface area (Å²) in [5.74, 6) is 0.908. The molecule has 7 heteroatoms. The summed E-state index contributed by atoms with van der Waals surface area (Å²) in [5.41, 5.74) is 1.51. The Morgan fingerprint density at radius 3 is 2.40 bits per heavy atom. The van der Waals surface area contributed by atoms with Crippen LogP contribution in [0, 0.1) is 0 Å². The second-order valence-corrected chi connectivity index (χ2v) is 8.58. The molecule has 1 N–H and O–H groups in total. The number of urea groups is 1. The largest absolute Gasteiger partial charge is 0.377 e. The average molecular weight is 426 g/mol. The molecule has 2 aliphatic rings. The van der Waals surface area contributed by atoms with E-state index in [0.29, 0.717) is 26.2 Å². The van der Waals surface area contributed by atoms with Gasteiger partial charge in [-0.3, -0.25) is 4.79 Å². The highest BCUT2D eigenvalue weighted by atomic mass is 32.2. The van der Waals surface area contributed by atoms with E-state index in [-0.39, 0.29) is 18.0 Å². The minimum atomic E-state index is -0.124. The molecule has 3 amide bonds. The van der Waals surface area contributed by atoms with Gasteiger partial charge in [-0.2, -0.15) is 0 Å². The lowest BCUT2D eigenvalue weighted by atomic mass is 10.2. The predicted octanol–water partition coefficient (Wildman–Crippen LogP) is 3.95. The first kappa shape index (κ1) is 20.8. The van der Waals surface area contributed by atoms with Gasteiger partial charge in [-0.1, -0.05) is 30.3 Å². The molecule has 2 aromatic rings. The monoisotopic (exact) mass is 425 g/mol. The maximum Gasteiger partial charge on any atom is 0.321 e. The normalized spacial score (nSPS) is 19.0. The fourth-order valence-corrected chi connectivity index (χ4v) is 4.85. The molecule has 0 bridgehead atoms. The predicted molar refractivity (Wildman–Crippen MR) is 119 cm³/mol. The van der Waals surface area contributed by atoms with E-state index in [4.69, 9.17) is 4.74 Å². The van der Waals surface area contributed by atoms with Crippen LogP contribution >= 0.6 is 11.8 Å². The third-order valence-corrected chi connectivity index (χ3v) is 6.65. The second-order valence-electron chi connectivity index (χ2n) is 7.52. The first-order chi connectivity index (χ1) is 14.7. The Balaban J connectivity index is 1.32. The summed E-state index contributed by atoms with van der Waals surface area (Å²) in [5, 5.41) is 2.91. The number of rotatable bonds is 5. The molecule has 2 saturated heterocycles. The van der Waals surface area contributed by atoms with E-state index in [9.17, 15) is 9.59 Å². The van der Waals surface area contributed by atoms with Gasteiger partial charge in [0, 0.05) is 49.1 Å². The Hall–Kier alpha value is -2.51. The van der Waals surface area contributed by atoms with Gasteiger partial charge in [-0.15, -0.1) is 11.8 Å². The number of nitrogens with one attached hydrogen (secondary N) is 1. The third-order valence-electron chi connectivity index (χ3n) is 5.45. The highest BCUT2D eigenvalue weighted by Gasteiger charge is 2.26. The van der Waals surface area contributed by atoms with E-state index >= 15 is 0 Å². The zero-order valence-electron chi connectivity index (χ0n) is 17.0. The first-order valence-corrected chi connectivity index (χ1v) is 11.4. The minimum Gasteiger partial charge on any atom is -0.377 e. The maximum absolute atomic E-state index is 13.1. The number of amides is 3. The fourth-order valence-electron chi connectivity index (χ4n) is 3.73. The number of piperazine rings is 1. The van der Waals surface area contributed by atoms with Crippen molar-refractivity contribution in [2.24, 2.45) is 0 Å². The number of nitrogens with zero attached hydrogens (tertiary/aromatic N) is 2. The van der Waals surface area contributed by atoms with Gasteiger partial charge in [0.15, 0.2) is 0 Å². The highest BCUT2D eigenvalue weighted by molar-refractivity contribution is 7.99. The number of para-hydroxylation sites is 1. The Bertz CT molecular complexity index is 863. The molecule has 2 heterocycles. The smallest absolute Gasteiger partial charge is 0.321 e. The van der Waals surface area contributed by atoms with Crippen molar-refractivity contribution in [2.45, 2.75) is 23.8 Å². The van der Waals surface area contributed by atoms with Crippen LogP contribution in [0.4, 0.5) is 10.5 Å². The minimum absolute atomic E-state index is 0.0357. The second kappa shape index (κ2) is 10.00. The third kappa shape index (κ3) is 5.15. The molecular formula is C23H27N3O3S. The lowest BCUT2D eigenvalue weighted by molar-refractivity contribution is 0.0668. The van der Waals surface area contributed by atoms with Crippen LogP contribution in [0.25, 0.3) is 0 Å². The van der Waals surface area contributed by atoms with Gasteiger partial charge in [0.25, 0.3) is 5.91 Å². The number of carbonyl (C=O) groups is 2. The topological polar surface area (TPSA) is 61.9 Å². The molecule has 2 aromatic carbocycles. The SMILES string of the molecule is O=C(Nc1ccccc1)N1CCN(C(=O)c2ccccc2SCC2CCCO2)CC1. The lowest BCUT2D eigenvalue weighted by Crippen LogP contribution is -2.51. The van der Waals surface area contributed by atoms with Crippen molar-refractivity contribution in [1.29, 1.82) is 0 Å². The van der Waals surface area contributed by atoms with Crippen molar-refractivity contribution in [3.63, 3.8) is 0 Å². The van der Waals surface area contributed by atoms with Gasteiger partial charge >= 0.3 is 6.03 Å². The van der Waals surface area contributed by atoms with Gasteiger partial charge in [-0.25, -0.2) is 4.79 Å². The first-order valence-electron chi connectivity index (χ1n) is 10.4. The fraction of sp³-hybridized carbons (Fsp3) is 0.391. The Morgan fingerprint density at radius 1 is 0.967 bits per heavy atom. The molecule has 2 fully saturated rings. The molecule has 1 unspecified atom stereocenters. The Kier molecular flexibility index (Phi) is 6.92. The van der Waals surface area contributed by atoms with E-state index in [1.807, 2.05) is 59.5 Å². The zero-order chi connectivity index (χ0) is 20.8. The molecule has 0 spiro atoms. The van der Waals surface area contributed by atoms with Crippen LogP contribution in [0.5, 0.6) is 0 Å². The van der Waals surface area contributed by atoms with Crippen LogP contribution in [-0.4, -0.2) is 66.4 Å². The van der Waals surface area contributed by atoms with Crippen LogP contribution in [0.3, 0.4) is 0 Å². The summed E-state index contributed by atoms with van der Waals surface area (Å²) in [6.45, 7) is 2.96. The van der Waals surface area contributed by atoms with E-state index in [1.165, 1.54) is 0 Å². The van der Waals surface area contributed by atoms with Gasteiger partial charge in [-0.05, 0) is 37.1 Å². The summed E-state index contributed by atoms with van der Waals surface area (Å²) >= 11 is 1.70. The molecule has 2 aliphatic heterocycles. The summed E-state index contributed by atoms with van der Waals surface area (Å²) in [6, 6.07) is 17.1. The molecule has 0 radical (unpaired) electrons. The van der Waals surface area contributed by atoms with E-state index < -0.39 is 0 Å². The van der Waals surface area contributed by atoms with Gasteiger partial charge in [0.2, 0.25) is 0 Å². The molecular weight excluding hydrogens is 398 g/mol. The molecule has 0 aliphatic carbocycles. The molecule has 30 heavy (non-hydrogen) atoms. The lowest BCUT2D eigenvalue weighted by Gasteiger charge is -2.35. The number of ether oxygens (including phenoxy) is 1. The number of carbonyl (C=O) groups excluding carboxylic acids is 2. The quantitative estimate of drug-likeness (QED) is 0.737. The highest BCUT2D eigenvalue weighted by Crippen LogP contribution is 2.28. The zero-order valence-corrected chi connectivity index (χ0v) is 17.8. The molecule has 158 valence electrons. The summed E-state index contributed by atoms with van der Waals surface area (Å²) in [4.78, 5) is 30.2. The maximum atomic E-state index is 13.1. The van der Waals surface area contributed by atoms with Crippen molar-refractivity contribution in [3.05, 3.63) is 60.2 Å². The summed E-state index contributed by atoms with van der Waals surface area (Å²) in [7, 11) is 0.